The van der Waals surface area contributed by atoms with Crippen molar-refractivity contribution < 1.29 is 18.7 Å². The van der Waals surface area contributed by atoms with Crippen molar-refractivity contribution in [1.82, 2.24) is 0 Å². The van der Waals surface area contributed by atoms with Gasteiger partial charge in [-0.25, -0.2) is 9.18 Å². The molecule has 0 bridgehead atoms. The van der Waals surface area contributed by atoms with Gasteiger partial charge in [0.05, 0.1) is 11.6 Å². The summed E-state index contributed by atoms with van der Waals surface area (Å²) in [7, 11) is 1.12. The molecule has 0 saturated heterocycles. The standard InChI is InChI=1S/C11H8BrFO3/c1-16-11(15)10(14)5-3-7-2-4-8(12)9(13)6-7/h2-6H,1H3. The van der Waals surface area contributed by atoms with E-state index < -0.39 is 17.6 Å². The van der Waals surface area contributed by atoms with Gasteiger partial charge in [-0.15, -0.1) is 0 Å². The second-order valence-electron chi connectivity index (χ2n) is 2.86. The predicted molar refractivity (Wildman–Crippen MR) is 60.2 cm³/mol. The summed E-state index contributed by atoms with van der Waals surface area (Å²) in [4.78, 5) is 21.8. The molecule has 0 fully saturated rings. The molecule has 0 aliphatic rings. The molecule has 5 heteroatoms. The number of ether oxygens (including phenoxy) is 1. The first-order valence-corrected chi connectivity index (χ1v) is 5.09. The molecule has 0 aliphatic heterocycles. The van der Waals surface area contributed by atoms with E-state index in [1.165, 1.54) is 18.2 Å². The van der Waals surface area contributed by atoms with E-state index in [2.05, 4.69) is 20.7 Å². The first-order valence-electron chi connectivity index (χ1n) is 4.30. The molecular weight excluding hydrogens is 279 g/mol. The van der Waals surface area contributed by atoms with E-state index in [1.54, 1.807) is 6.07 Å². The Morgan fingerprint density at radius 3 is 2.69 bits per heavy atom. The van der Waals surface area contributed by atoms with E-state index in [0.717, 1.165) is 13.2 Å². The molecule has 0 amide bonds. The van der Waals surface area contributed by atoms with Crippen LogP contribution < -0.4 is 0 Å². The fraction of sp³-hybridized carbons (Fsp3) is 0.0909. The smallest absolute Gasteiger partial charge is 0.378 e. The summed E-state index contributed by atoms with van der Waals surface area (Å²) in [5, 5.41) is 0. The lowest BCUT2D eigenvalue weighted by atomic mass is 10.2. The Morgan fingerprint density at radius 1 is 1.44 bits per heavy atom. The van der Waals surface area contributed by atoms with E-state index in [9.17, 15) is 14.0 Å². The summed E-state index contributed by atoms with van der Waals surface area (Å²) in [5.41, 5.74) is 0.484. The van der Waals surface area contributed by atoms with E-state index in [1.807, 2.05) is 0 Å². The average molecular weight is 287 g/mol. The number of ketones is 1. The molecule has 0 heterocycles. The van der Waals surface area contributed by atoms with Crippen LogP contribution in [0.25, 0.3) is 6.08 Å². The molecule has 0 aliphatic carbocycles. The highest BCUT2D eigenvalue weighted by atomic mass is 79.9. The van der Waals surface area contributed by atoms with Gasteiger partial charge in [-0.3, -0.25) is 4.79 Å². The van der Waals surface area contributed by atoms with Gasteiger partial charge >= 0.3 is 5.97 Å². The Labute approximate surface area is 100 Å². The SMILES string of the molecule is COC(=O)C(=O)C=Cc1ccc(Br)c(F)c1. The fourth-order valence-corrected chi connectivity index (χ4v) is 1.20. The van der Waals surface area contributed by atoms with Crippen molar-refractivity contribution in [3.8, 4) is 0 Å². The Morgan fingerprint density at radius 2 is 2.12 bits per heavy atom. The van der Waals surface area contributed by atoms with Crippen LogP contribution in [0.15, 0.2) is 28.7 Å². The van der Waals surface area contributed by atoms with Crippen LogP contribution in [-0.4, -0.2) is 18.9 Å². The summed E-state index contributed by atoms with van der Waals surface area (Å²) in [6, 6.07) is 4.36. The molecule has 0 aromatic heterocycles. The zero-order chi connectivity index (χ0) is 12.1. The molecule has 0 spiro atoms. The number of benzene rings is 1. The van der Waals surface area contributed by atoms with Gasteiger partial charge in [-0.2, -0.15) is 0 Å². The lowest BCUT2D eigenvalue weighted by Gasteiger charge is -1.96. The van der Waals surface area contributed by atoms with Crippen molar-refractivity contribution in [3.63, 3.8) is 0 Å². The van der Waals surface area contributed by atoms with Gasteiger partial charge in [-0.1, -0.05) is 12.1 Å². The second-order valence-corrected chi connectivity index (χ2v) is 3.72. The van der Waals surface area contributed by atoms with Crippen LogP contribution in [0.5, 0.6) is 0 Å². The summed E-state index contributed by atoms with van der Waals surface area (Å²) < 4.78 is 17.6. The van der Waals surface area contributed by atoms with Gasteiger partial charge in [0.2, 0.25) is 0 Å². The Bertz CT molecular complexity index is 455. The van der Waals surface area contributed by atoms with Crippen LogP contribution in [-0.2, 0) is 14.3 Å². The zero-order valence-electron chi connectivity index (χ0n) is 8.37. The highest BCUT2D eigenvalue weighted by Gasteiger charge is 2.08. The molecule has 0 radical (unpaired) electrons. The predicted octanol–water partition coefficient (Wildman–Crippen LogP) is 2.34. The maximum atomic E-state index is 13.1. The lowest BCUT2D eigenvalue weighted by Crippen LogP contribution is -2.12. The van der Waals surface area contributed by atoms with E-state index >= 15 is 0 Å². The monoisotopic (exact) mass is 286 g/mol. The highest BCUT2D eigenvalue weighted by Crippen LogP contribution is 2.17. The number of hydrogen-bond acceptors (Lipinski definition) is 3. The van der Waals surface area contributed by atoms with Crippen LogP contribution >= 0.6 is 15.9 Å². The van der Waals surface area contributed by atoms with Crippen LogP contribution in [0.2, 0.25) is 0 Å². The second kappa shape index (κ2) is 5.55. The molecule has 16 heavy (non-hydrogen) atoms. The quantitative estimate of drug-likeness (QED) is 0.487. The molecule has 84 valence electrons. The van der Waals surface area contributed by atoms with Crippen molar-refractivity contribution in [2.75, 3.05) is 7.11 Å². The Hall–Kier alpha value is -1.49. The number of methoxy groups -OCH3 is 1. The Kier molecular flexibility index (Phi) is 4.37. The largest absolute Gasteiger partial charge is 0.463 e. The van der Waals surface area contributed by atoms with Gasteiger partial charge in [0.25, 0.3) is 5.78 Å². The molecule has 0 unspecified atom stereocenters. The number of hydrogen-bond donors (Lipinski definition) is 0. The molecule has 3 nitrogen and oxygen atoms in total. The number of carbonyl (C=O) groups is 2. The maximum Gasteiger partial charge on any atom is 0.378 e. The summed E-state index contributed by atoms with van der Waals surface area (Å²) in [5.74, 6) is -2.17. The van der Waals surface area contributed by atoms with Gasteiger partial charge in [0.1, 0.15) is 5.82 Å². The van der Waals surface area contributed by atoms with Crippen molar-refractivity contribution in [2.45, 2.75) is 0 Å². The van der Waals surface area contributed by atoms with Gasteiger partial charge in [0, 0.05) is 0 Å². The number of carbonyl (C=O) groups excluding carboxylic acids is 2. The molecule has 1 rings (SSSR count). The number of rotatable bonds is 3. The first kappa shape index (κ1) is 12.6. The summed E-state index contributed by atoms with van der Waals surface area (Å²) in [6.07, 6.45) is 2.38. The molecule has 1 aromatic carbocycles. The van der Waals surface area contributed by atoms with E-state index in [0.29, 0.717) is 10.0 Å². The third-order valence-electron chi connectivity index (χ3n) is 1.76. The minimum Gasteiger partial charge on any atom is -0.463 e. The third-order valence-corrected chi connectivity index (χ3v) is 2.40. The van der Waals surface area contributed by atoms with Crippen molar-refractivity contribution in [2.24, 2.45) is 0 Å². The Balaban J connectivity index is 2.81. The van der Waals surface area contributed by atoms with Crippen molar-refractivity contribution >= 4 is 33.8 Å². The van der Waals surface area contributed by atoms with Crippen molar-refractivity contribution in [3.05, 3.63) is 40.1 Å². The molecule has 0 N–H and O–H groups in total. The first-order chi connectivity index (χ1) is 7.54. The number of esters is 1. The highest BCUT2D eigenvalue weighted by molar-refractivity contribution is 9.10. The minimum absolute atomic E-state index is 0.337. The average Bonchev–Trinajstić information content (AvgIpc) is 2.29. The minimum atomic E-state index is -0.950. The van der Waals surface area contributed by atoms with E-state index in [4.69, 9.17) is 0 Å². The summed E-state index contributed by atoms with van der Waals surface area (Å²) >= 11 is 3.00. The molecule has 0 saturated carbocycles. The van der Waals surface area contributed by atoms with Crippen molar-refractivity contribution in [1.29, 1.82) is 0 Å². The topological polar surface area (TPSA) is 43.4 Å². The van der Waals surface area contributed by atoms with Crippen LogP contribution in [0.3, 0.4) is 0 Å². The fourth-order valence-electron chi connectivity index (χ4n) is 0.957. The molecular formula is C11H8BrFO3. The maximum absolute atomic E-state index is 13.1. The lowest BCUT2D eigenvalue weighted by molar-refractivity contribution is -0.149. The zero-order valence-corrected chi connectivity index (χ0v) is 9.95. The van der Waals surface area contributed by atoms with Crippen LogP contribution in [0.4, 0.5) is 4.39 Å². The van der Waals surface area contributed by atoms with Gasteiger partial charge in [-0.05, 0) is 39.7 Å². The molecule has 1 aromatic rings. The third kappa shape index (κ3) is 3.27. The van der Waals surface area contributed by atoms with Crippen LogP contribution in [0.1, 0.15) is 5.56 Å². The summed E-state index contributed by atoms with van der Waals surface area (Å²) in [6.45, 7) is 0. The van der Waals surface area contributed by atoms with Gasteiger partial charge < -0.3 is 4.74 Å². The normalized spacial score (nSPS) is 10.4. The number of halogens is 2. The van der Waals surface area contributed by atoms with Gasteiger partial charge in [0.15, 0.2) is 0 Å². The van der Waals surface area contributed by atoms with E-state index in [-0.39, 0.29) is 0 Å². The molecule has 0 atom stereocenters. The van der Waals surface area contributed by atoms with Crippen LogP contribution in [0, 0.1) is 5.82 Å².